The Bertz CT molecular complexity index is 1100. The summed E-state index contributed by atoms with van der Waals surface area (Å²) < 4.78 is 49.9. The molecule has 11 heteroatoms. The van der Waals surface area contributed by atoms with Gasteiger partial charge in [-0.25, -0.2) is 0 Å². The average molecular weight is 519 g/mol. The molecule has 34 heavy (non-hydrogen) atoms. The zero-order valence-electron chi connectivity index (χ0n) is 18.5. The van der Waals surface area contributed by atoms with E-state index in [-0.39, 0.29) is 40.7 Å². The first-order valence-electron chi connectivity index (χ1n) is 10.8. The lowest BCUT2D eigenvalue weighted by Crippen LogP contribution is -2.66. The lowest BCUT2D eigenvalue weighted by Gasteiger charge is -2.35. The second kappa shape index (κ2) is 8.53. The largest absolute Gasteiger partial charge is 0.425 e. The molecule has 4 rings (SSSR count). The van der Waals surface area contributed by atoms with Gasteiger partial charge in [0.15, 0.2) is 5.78 Å². The lowest BCUT2D eigenvalue weighted by molar-refractivity contribution is -0.191. The van der Waals surface area contributed by atoms with Gasteiger partial charge >= 0.3 is 6.18 Å². The highest BCUT2D eigenvalue weighted by Crippen LogP contribution is 2.52. The van der Waals surface area contributed by atoms with Crippen LogP contribution in [0.25, 0.3) is 0 Å². The molecule has 1 saturated heterocycles. The lowest BCUT2D eigenvalue weighted by atomic mass is 9.72. The van der Waals surface area contributed by atoms with E-state index in [0.29, 0.717) is 13.0 Å². The Hall–Kier alpha value is -2.10. The predicted molar refractivity (Wildman–Crippen MR) is 118 cm³/mol. The van der Waals surface area contributed by atoms with Crippen LogP contribution in [0.5, 0.6) is 0 Å². The van der Waals surface area contributed by atoms with Crippen molar-refractivity contribution < 1.29 is 32.3 Å². The highest BCUT2D eigenvalue weighted by molar-refractivity contribution is 6.36. The first-order valence-corrected chi connectivity index (χ1v) is 11.6. The van der Waals surface area contributed by atoms with Crippen molar-refractivity contribution in [1.29, 1.82) is 0 Å². The fourth-order valence-corrected chi connectivity index (χ4v) is 5.42. The molecule has 2 amide bonds. The number of carbonyl (C=O) groups is 3. The Morgan fingerprint density at radius 1 is 1.24 bits per heavy atom. The van der Waals surface area contributed by atoms with Gasteiger partial charge in [0.25, 0.3) is 11.8 Å². The molecule has 2 aliphatic heterocycles. The second-order valence-electron chi connectivity index (χ2n) is 9.64. The van der Waals surface area contributed by atoms with Crippen molar-refractivity contribution in [1.82, 2.24) is 10.2 Å². The maximum atomic E-state index is 14.8. The van der Waals surface area contributed by atoms with Gasteiger partial charge in [-0.15, -0.1) is 0 Å². The third-order valence-electron chi connectivity index (χ3n) is 6.43. The monoisotopic (exact) mass is 518 g/mol. The summed E-state index contributed by atoms with van der Waals surface area (Å²) in [6, 6.07) is 3.66. The number of ether oxygens (including phenoxy) is 1. The molecule has 184 valence electrons. The minimum atomic E-state index is -5.29. The van der Waals surface area contributed by atoms with Crippen molar-refractivity contribution in [3.05, 3.63) is 45.1 Å². The molecule has 3 aliphatic rings. The number of alkyl halides is 3. The molecule has 2 heterocycles. The molecule has 0 spiro atoms. The fourth-order valence-electron chi connectivity index (χ4n) is 4.92. The van der Waals surface area contributed by atoms with Gasteiger partial charge in [0.1, 0.15) is 0 Å². The summed E-state index contributed by atoms with van der Waals surface area (Å²) in [6.45, 7) is 3.82. The van der Waals surface area contributed by atoms with E-state index in [0.717, 1.165) is 17.4 Å². The van der Waals surface area contributed by atoms with E-state index in [9.17, 15) is 27.6 Å². The first-order chi connectivity index (χ1) is 15.8. The molecule has 1 aliphatic carbocycles. The summed E-state index contributed by atoms with van der Waals surface area (Å²) in [5, 5.41) is 1.86. The van der Waals surface area contributed by atoms with Gasteiger partial charge in [-0.1, -0.05) is 37.0 Å². The number of rotatable bonds is 4. The second-order valence-corrected chi connectivity index (χ2v) is 10.5. The van der Waals surface area contributed by atoms with Crippen molar-refractivity contribution in [2.75, 3.05) is 13.2 Å². The Kier molecular flexibility index (Phi) is 6.28. The van der Waals surface area contributed by atoms with E-state index in [4.69, 9.17) is 27.9 Å². The number of halogens is 5. The normalized spacial score (nSPS) is 26.8. The van der Waals surface area contributed by atoms with E-state index in [1.165, 1.54) is 12.1 Å². The Labute approximate surface area is 204 Å². The summed E-state index contributed by atoms with van der Waals surface area (Å²) in [4.78, 5) is 40.7. The van der Waals surface area contributed by atoms with Crippen LogP contribution in [0.2, 0.25) is 10.0 Å². The molecule has 0 radical (unpaired) electrons. The van der Waals surface area contributed by atoms with Crippen molar-refractivity contribution in [3.8, 4) is 0 Å². The predicted octanol–water partition coefficient (Wildman–Crippen LogP) is 4.69. The van der Waals surface area contributed by atoms with Gasteiger partial charge in [0.05, 0.1) is 28.8 Å². The number of hydrogen-bond donors (Lipinski definition) is 1. The van der Waals surface area contributed by atoms with E-state index in [1.54, 1.807) is 13.8 Å². The number of nitrogens with one attached hydrogen (secondary N) is 1. The maximum Gasteiger partial charge on any atom is 0.425 e. The van der Waals surface area contributed by atoms with Crippen LogP contribution < -0.4 is 5.32 Å². The third-order valence-corrected chi connectivity index (χ3v) is 6.98. The molecule has 1 N–H and O–H groups in total. The number of hydrogen-bond acceptors (Lipinski definition) is 4. The van der Waals surface area contributed by atoms with Crippen LogP contribution in [0.3, 0.4) is 0 Å². The Balaban J connectivity index is 1.84. The summed E-state index contributed by atoms with van der Waals surface area (Å²) in [5.41, 5.74) is -5.21. The Morgan fingerprint density at radius 2 is 1.94 bits per heavy atom. The topological polar surface area (TPSA) is 75.7 Å². The minimum absolute atomic E-state index is 0.0124. The van der Waals surface area contributed by atoms with Gasteiger partial charge in [0.2, 0.25) is 5.54 Å². The van der Waals surface area contributed by atoms with Crippen LogP contribution in [0.4, 0.5) is 13.2 Å². The molecule has 6 nitrogen and oxygen atoms in total. The molecule has 1 aromatic rings. The smallest absolute Gasteiger partial charge is 0.376 e. The first kappa shape index (κ1) is 25.0. The van der Waals surface area contributed by atoms with Crippen molar-refractivity contribution in [2.24, 2.45) is 5.41 Å². The fraction of sp³-hybridized carbons (Fsp3) is 0.522. The van der Waals surface area contributed by atoms with Gasteiger partial charge in [-0.05, 0) is 42.9 Å². The number of Topliss-reactive ketones (excluding diaryl/α,β-unsaturated/α-hetero) is 1. The number of carbonyl (C=O) groups excluding carboxylic acids is 3. The average Bonchev–Trinajstić information content (AvgIpc) is 3.28. The minimum Gasteiger partial charge on any atom is -0.376 e. The number of benzene rings is 1. The van der Waals surface area contributed by atoms with E-state index in [2.05, 4.69) is 0 Å². The molecule has 0 unspecified atom stereocenters. The SMILES string of the molecule is CC1(C)CC(=O)C2=C(C1)N(C[C@@H]1CCCO1)C(=O)[C@]2(NC(=O)c1ccc(Cl)cc1Cl)C(F)(F)F. The summed E-state index contributed by atoms with van der Waals surface area (Å²) >= 11 is 11.9. The maximum absolute atomic E-state index is 14.8. The van der Waals surface area contributed by atoms with E-state index < -0.39 is 46.4 Å². The summed E-state index contributed by atoms with van der Waals surface area (Å²) in [7, 11) is 0. The molecule has 1 fully saturated rings. The number of amides is 2. The van der Waals surface area contributed by atoms with E-state index in [1.807, 2.05) is 5.32 Å². The van der Waals surface area contributed by atoms with Gasteiger partial charge in [-0.3, -0.25) is 14.4 Å². The van der Waals surface area contributed by atoms with Crippen LogP contribution in [-0.4, -0.2) is 53.5 Å². The Morgan fingerprint density at radius 3 is 2.53 bits per heavy atom. The van der Waals surface area contributed by atoms with E-state index >= 15 is 0 Å². The molecule has 1 aromatic carbocycles. The van der Waals surface area contributed by atoms with Crippen molar-refractivity contribution in [3.63, 3.8) is 0 Å². The summed E-state index contributed by atoms with van der Waals surface area (Å²) in [5.74, 6) is -3.48. The van der Waals surface area contributed by atoms with Crippen LogP contribution >= 0.6 is 23.2 Å². The number of allylic oxidation sites excluding steroid dienone is 1. The molecular weight excluding hydrogens is 496 g/mol. The summed E-state index contributed by atoms with van der Waals surface area (Å²) in [6.07, 6.45) is -4.57. The number of ketones is 1. The van der Waals surface area contributed by atoms with Gasteiger partial charge in [0, 0.05) is 23.7 Å². The van der Waals surface area contributed by atoms with Crippen LogP contribution in [0.15, 0.2) is 29.5 Å². The third kappa shape index (κ3) is 4.12. The zero-order valence-corrected chi connectivity index (χ0v) is 20.0. The molecule has 0 aromatic heterocycles. The highest BCUT2D eigenvalue weighted by atomic mass is 35.5. The van der Waals surface area contributed by atoms with Gasteiger partial charge in [-0.2, -0.15) is 13.2 Å². The van der Waals surface area contributed by atoms with Crippen molar-refractivity contribution in [2.45, 2.75) is 57.3 Å². The van der Waals surface area contributed by atoms with Crippen LogP contribution in [0, 0.1) is 5.41 Å². The highest BCUT2D eigenvalue weighted by Gasteiger charge is 2.71. The number of nitrogens with zero attached hydrogens (tertiary/aromatic N) is 1. The van der Waals surface area contributed by atoms with Gasteiger partial charge < -0.3 is 15.0 Å². The standard InChI is InChI=1S/C23H23Cl2F3N2O4/c1-21(2)9-16-18(17(31)10-21)22(23(26,27)28,20(33)30(16)11-13-4-3-7-34-13)29-19(32)14-6-5-12(24)8-15(14)25/h5-6,8,13H,3-4,7,9-11H2,1-2H3,(H,29,32)/t13-,22-/m0/s1. The molecule has 0 saturated carbocycles. The molecule has 0 bridgehead atoms. The zero-order chi connectivity index (χ0) is 25.1. The van der Waals surface area contributed by atoms with Crippen molar-refractivity contribution >= 4 is 40.8 Å². The quantitative estimate of drug-likeness (QED) is 0.627. The molecular formula is C23H23Cl2F3N2O4. The van der Waals surface area contributed by atoms with Crippen LogP contribution in [0.1, 0.15) is 49.9 Å². The van der Waals surface area contributed by atoms with Crippen LogP contribution in [-0.2, 0) is 14.3 Å². The molecule has 2 atom stereocenters.